The number of thioether (sulfide) groups is 1. The molecule has 0 fully saturated rings. The molecule has 0 atom stereocenters. The summed E-state index contributed by atoms with van der Waals surface area (Å²) in [4.78, 5) is 8.88. The zero-order valence-electron chi connectivity index (χ0n) is 12.0. The predicted molar refractivity (Wildman–Crippen MR) is 80.5 cm³/mol. The molecule has 0 spiro atoms. The number of nitrogens with one attached hydrogen (secondary N) is 2. The fourth-order valence-corrected chi connectivity index (χ4v) is 1.71. The van der Waals surface area contributed by atoms with Crippen molar-refractivity contribution in [2.45, 2.75) is 39.3 Å². The van der Waals surface area contributed by atoms with Crippen LogP contribution < -0.4 is 10.6 Å². The Bertz CT molecular complexity index is 379. The molecule has 0 aliphatic heterocycles. The molecule has 5 heteroatoms. The highest BCUT2D eigenvalue weighted by molar-refractivity contribution is 7.98. The van der Waals surface area contributed by atoms with Crippen LogP contribution in [0.25, 0.3) is 0 Å². The van der Waals surface area contributed by atoms with Gasteiger partial charge in [-0.05, 0) is 25.0 Å². The van der Waals surface area contributed by atoms with Gasteiger partial charge in [-0.2, -0.15) is 0 Å². The van der Waals surface area contributed by atoms with Crippen molar-refractivity contribution in [2.75, 3.05) is 30.0 Å². The van der Waals surface area contributed by atoms with Gasteiger partial charge in [0.2, 0.25) is 0 Å². The highest BCUT2D eigenvalue weighted by Gasteiger charge is 2.15. The second kappa shape index (κ2) is 6.83. The van der Waals surface area contributed by atoms with Gasteiger partial charge in [0.05, 0.1) is 0 Å². The minimum Gasteiger partial charge on any atom is -0.370 e. The maximum atomic E-state index is 4.47. The summed E-state index contributed by atoms with van der Waals surface area (Å²) >= 11 is 1.56. The molecule has 0 aromatic carbocycles. The van der Waals surface area contributed by atoms with Crippen LogP contribution in [0.3, 0.4) is 0 Å². The van der Waals surface area contributed by atoms with E-state index >= 15 is 0 Å². The van der Waals surface area contributed by atoms with E-state index < -0.39 is 0 Å². The highest BCUT2D eigenvalue weighted by atomic mass is 32.2. The van der Waals surface area contributed by atoms with E-state index in [0.29, 0.717) is 0 Å². The Kier molecular flexibility index (Phi) is 5.72. The summed E-state index contributed by atoms with van der Waals surface area (Å²) in [5.74, 6) is 1.78. The molecule has 0 unspecified atom stereocenters. The van der Waals surface area contributed by atoms with Crippen molar-refractivity contribution in [2.24, 2.45) is 5.41 Å². The second-order valence-electron chi connectivity index (χ2n) is 5.03. The molecule has 0 amide bonds. The largest absolute Gasteiger partial charge is 0.370 e. The van der Waals surface area contributed by atoms with Gasteiger partial charge in [0.1, 0.15) is 11.6 Å². The van der Waals surface area contributed by atoms with Crippen LogP contribution in [0, 0.1) is 5.41 Å². The fourth-order valence-electron chi connectivity index (χ4n) is 1.33. The number of nitrogens with zero attached hydrogens (tertiary/aromatic N) is 2. The third kappa shape index (κ3) is 4.72. The summed E-state index contributed by atoms with van der Waals surface area (Å²) in [5, 5.41) is 7.43. The van der Waals surface area contributed by atoms with E-state index in [9.17, 15) is 0 Å². The molecule has 0 saturated carbocycles. The van der Waals surface area contributed by atoms with Crippen LogP contribution >= 0.6 is 11.8 Å². The van der Waals surface area contributed by atoms with Gasteiger partial charge in [-0.1, -0.05) is 32.5 Å². The van der Waals surface area contributed by atoms with E-state index in [4.69, 9.17) is 0 Å². The van der Waals surface area contributed by atoms with Crippen molar-refractivity contribution in [3.63, 3.8) is 0 Å². The Labute approximate surface area is 114 Å². The van der Waals surface area contributed by atoms with E-state index in [2.05, 4.69) is 48.3 Å². The summed E-state index contributed by atoms with van der Waals surface area (Å²) in [7, 11) is 0. The van der Waals surface area contributed by atoms with Gasteiger partial charge >= 0.3 is 0 Å². The molecule has 0 radical (unpaired) electrons. The Morgan fingerprint density at radius 2 is 1.78 bits per heavy atom. The number of rotatable bonds is 7. The number of aromatic nitrogens is 2. The Balaban J connectivity index is 2.78. The molecule has 18 heavy (non-hydrogen) atoms. The molecule has 102 valence electrons. The molecular formula is C13H24N4S. The van der Waals surface area contributed by atoms with E-state index in [0.717, 1.165) is 36.3 Å². The average molecular weight is 268 g/mol. The standard InChI is InChI=1S/C13H24N4S/c1-6-13(3,4)9-15-11-8-10(14-7-2)16-12(17-11)18-5/h8H,6-7,9H2,1-5H3,(H2,14,15,16,17). The van der Waals surface area contributed by atoms with E-state index in [1.165, 1.54) is 0 Å². The van der Waals surface area contributed by atoms with Crippen LogP contribution in [0.1, 0.15) is 34.1 Å². The van der Waals surface area contributed by atoms with E-state index in [1.807, 2.05) is 12.3 Å². The zero-order chi connectivity index (χ0) is 13.6. The normalized spacial score (nSPS) is 11.4. The van der Waals surface area contributed by atoms with Crippen LogP contribution in [-0.4, -0.2) is 29.3 Å². The molecular weight excluding hydrogens is 244 g/mol. The first-order valence-electron chi connectivity index (χ1n) is 6.41. The molecule has 1 aromatic heterocycles. The number of hydrogen-bond donors (Lipinski definition) is 2. The van der Waals surface area contributed by atoms with Crippen LogP contribution in [0.15, 0.2) is 11.2 Å². The molecule has 1 heterocycles. The molecule has 0 aliphatic rings. The molecule has 0 bridgehead atoms. The lowest BCUT2D eigenvalue weighted by Gasteiger charge is -2.23. The topological polar surface area (TPSA) is 49.8 Å². The number of anilines is 2. The SMILES string of the molecule is CCNc1cc(NCC(C)(C)CC)nc(SC)n1. The lowest BCUT2D eigenvalue weighted by molar-refractivity contribution is 0.376. The quantitative estimate of drug-likeness (QED) is 0.585. The average Bonchev–Trinajstić information content (AvgIpc) is 2.37. The van der Waals surface area contributed by atoms with Gasteiger partial charge < -0.3 is 10.6 Å². The first-order valence-corrected chi connectivity index (χ1v) is 7.64. The molecule has 1 aromatic rings. The molecule has 0 saturated heterocycles. The Morgan fingerprint density at radius 1 is 1.17 bits per heavy atom. The summed E-state index contributed by atoms with van der Waals surface area (Å²) < 4.78 is 0. The van der Waals surface area contributed by atoms with E-state index in [1.54, 1.807) is 11.8 Å². The molecule has 0 aliphatic carbocycles. The van der Waals surface area contributed by atoms with Gasteiger partial charge in [-0.3, -0.25) is 0 Å². The zero-order valence-corrected chi connectivity index (χ0v) is 12.8. The predicted octanol–water partition coefficient (Wildman–Crippen LogP) is 3.48. The van der Waals surface area contributed by atoms with Gasteiger partial charge in [-0.15, -0.1) is 0 Å². The Hall–Kier alpha value is -0.970. The smallest absolute Gasteiger partial charge is 0.191 e. The minimum absolute atomic E-state index is 0.281. The van der Waals surface area contributed by atoms with Crippen LogP contribution in [0.5, 0.6) is 0 Å². The Morgan fingerprint density at radius 3 is 2.28 bits per heavy atom. The van der Waals surface area contributed by atoms with Crippen LogP contribution in [-0.2, 0) is 0 Å². The maximum absolute atomic E-state index is 4.47. The first kappa shape index (κ1) is 15.1. The third-order valence-corrected chi connectivity index (χ3v) is 3.50. The lowest BCUT2D eigenvalue weighted by Crippen LogP contribution is -2.22. The van der Waals surface area contributed by atoms with Gasteiger partial charge in [-0.25, -0.2) is 9.97 Å². The minimum atomic E-state index is 0.281. The fraction of sp³-hybridized carbons (Fsp3) is 0.692. The molecule has 4 nitrogen and oxygen atoms in total. The van der Waals surface area contributed by atoms with Crippen LogP contribution in [0.4, 0.5) is 11.6 Å². The molecule has 1 rings (SSSR count). The van der Waals surface area contributed by atoms with Crippen molar-refractivity contribution in [3.05, 3.63) is 6.07 Å². The van der Waals surface area contributed by atoms with Crippen molar-refractivity contribution >= 4 is 23.4 Å². The lowest BCUT2D eigenvalue weighted by atomic mass is 9.90. The van der Waals surface area contributed by atoms with Gasteiger partial charge in [0, 0.05) is 19.2 Å². The monoisotopic (exact) mass is 268 g/mol. The molecule has 2 N–H and O–H groups in total. The van der Waals surface area contributed by atoms with Gasteiger partial charge in [0.25, 0.3) is 0 Å². The second-order valence-corrected chi connectivity index (χ2v) is 5.80. The third-order valence-electron chi connectivity index (χ3n) is 2.95. The van der Waals surface area contributed by atoms with Crippen molar-refractivity contribution in [1.29, 1.82) is 0 Å². The maximum Gasteiger partial charge on any atom is 0.191 e. The van der Waals surface area contributed by atoms with Crippen molar-refractivity contribution in [3.8, 4) is 0 Å². The van der Waals surface area contributed by atoms with Gasteiger partial charge in [0.15, 0.2) is 5.16 Å². The van der Waals surface area contributed by atoms with Crippen LogP contribution in [0.2, 0.25) is 0 Å². The first-order chi connectivity index (χ1) is 8.50. The van der Waals surface area contributed by atoms with Crippen molar-refractivity contribution < 1.29 is 0 Å². The van der Waals surface area contributed by atoms with Crippen molar-refractivity contribution in [1.82, 2.24) is 9.97 Å². The highest BCUT2D eigenvalue weighted by Crippen LogP contribution is 2.22. The summed E-state index contributed by atoms with van der Waals surface area (Å²) in [5.41, 5.74) is 0.281. The number of hydrogen-bond acceptors (Lipinski definition) is 5. The summed E-state index contributed by atoms with van der Waals surface area (Å²) in [6.07, 6.45) is 3.13. The summed E-state index contributed by atoms with van der Waals surface area (Å²) in [6.45, 7) is 10.6. The summed E-state index contributed by atoms with van der Waals surface area (Å²) in [6, 6.07) is 1.97. The van der Waals surface area contributed by atoms with E-state index in [-0.39, 0.29) is 5.41 Å².